The summed E-state index contributed by atoms with van der Waals surface area (Å²) in [6, 6.07) is 0. The topological polar surface area (TPSA) is 71.9 Å². The minimum atomic E-state index is -5.08. The van der Waals surface area contributed by atoms with E-state index in [1.165, 1.54) is 11.4 Å². The third-order valence-corrected chi connectivity index (χ3v) is 5.35. The van der Waals surface area contributed by atoms with E-state index in [0.29, 0.717) is 6.10 Å². The second-order valence-electron chi connectivity index (χ2n) is 6.49. The Labute approximate surface area is 153 Å². The first kappa shape index (κ1) is 21.1. The Morgan fingerprint density at radius 2 is 2.31 bits per heavy atom. The van der Waals surface area contributed by atoms with Gasteiger partial charge >= 0.3 is 12.1 Å². The van der Waals surface area contributed by atoms with Crippen LogP contribution in [0.3, 0.4) is 0 Å². The number of rotatable bonds is 4. The Morgan fingerprint density at radius 3 is 2.88 bits per heavy atom. The van der Waals surface area contributed by atoms with Crippen molar-refractivity contribution in [1.29, 1.82) is 0 Å². The molecule has 0 bridgehead atoms. The van der Waals surface area contributed by atoms with Crippen molar-refractivity contribution in [2.45, 2.75) is 38.1 Å². The molecule has 2 atom stereocenters. The highest BCUT2D eigenvalue weighted by atomic mass is 32.1. The number of carboxylic acid groups (broad SMARTS) is 1. The Morgan fingerprint density at radius 1 is 1.58 bits per heavy atom. The standard InChI is InChI=1S/C14H22N2O2S.C2HF3O2/c1-17-11-14-4-2-7-18-12(14)3-6-16(10-14)9-13-15-5-8-19-13;3-2(4,5)1(6)7/h5,8,12H,2-4,6-7,9-11H2,1H3;(H,6,7). The summed E-state index contributed by atoms with van der Waals surface area (Å²) in [6.45, 7) is 4.88. The molecule has 10 heteroatoms. The lowest BCUT2D eigenvalue weighted by atomic mass is 9.73. The number of carbonyl (C=O) groups is 1. The number of ether oxygens (including phenoxy) is 2. The van der Waals surface area contributed by atoms with Gasteiger partial charge in [-0.15, -0.1) is 11.3 Å². The molecular weight excluding hydrogens is 373 g/mol. The van der Waals surface area contributed by atoms with Gasteiger partial charge in [-0.2, -0.15) is 13.2 Å². The maximum absolute atomic E-state index is 10.6. The van der Waals surface area contributed by atoms with E-state index in [0.717, 1.165) is 45.7 Å². The first-order chi connectivity index (χ1) is 12.3. The third-order valence-electron chi connectivity index (χ3n) is 4.58. The number of nitrogens with zero attached hydrogens (tertiary/aromatic N) is 2. The summed E-state index contributed by atoms with van der Waals surface area (Å²) in [4.78, 5) is 15.8. The molecule has 0 amide bonds. The van der Waals surface area contributed by atoms with Crippen molar-refractivity contribution >= 4 is 17.3 Å². The minimum Gasteiger partial charge on any atom is -0.475 e. The fourth-order valence-corrected chi connectivity index (χ4v) is 4.20. The second kappa shape index (κ2) is 9.12. The molecule has 0 aromatic carbocycles. The number of likely N-dealkylation sites (tertiary alicyclic amines) is 1. The summed E-state index contributed by atoms with van der Waals surface area (Å²) < 4.78 is 43.2. The zero-order chi connectivity index (χ0) is 19.2. The minimum absolute atomic E-state index is 0.197. The molecule has 2 aliphatic rings. The smallest absolute Gasteiger partial charge is 0.475 e. The molecule has 1 aromatic rings. The van der Waals surface area contributed by atoms with Crippen molar-refractivity contribution in [3.05, 3.63) is 16.6 Å². The number of halogens is 3. The zero-order valence-electron chi connectivity index (χ0n) is 14.5. The van der Waals surface area contributed by atoms with Gasteiger partial charge in [-0.05, 0) is 19.3 Å². The molecule has 0 spiro atoms. The Balaban J connectivity index is 0.000000298. The van der Waals surface area contributed by atoms with Crippen molar-refractivity contribution in [3.8, 4) is 0 Å². The first-order valence-electron chi connectivity index (χ1n) is 8.28. The summed E-state index contributed by atoms with van der Waals surface area (Å²) in [5, 5.41) is 10.4. The average molecular weight is 396 g/mol. The monoisotopic (exact) mass is 396 g/mol. The van der Waals surface area contributed by atoms with Gasteiger partial charge in [0.05, 0.1) is 19.3 Å². The Hall–Kier alpha value is -1.23. The predicted octanol–water partition coefficient (Wildman–Crippen LogP) is 2.79. The number of aromatic nitrogens is 1. The van der Waals surface area contributed by atoms with Gasteiger partial charge in [0.15, 0.2) is 0 Å². The van der Waals surface area contributed by atoms with Gasteiger partial charge in [0, 0.05) is 43.8 Å². The number of hydrogen-bond acceptors (Lipinski definition) is 6. The molecule has 0 aliphatic carbocycles. The number of hydrogen-bond donors (Lipinski definition) is 1. The molecule has 0 radical (unpaired) electrons. The van der Waals surface area contributed by atoms with Crippen LogP contribution in [0.4, 0.5) is 13.2 Å². The first-order valence-corrected chi connectivity index (χ1v) is 9.16. The lowest BCUT2D eigenvalue weighted by Gasteiger charge is -2.50. The van der Waals surface area contributed by atoms with Gasteiger partial charge < -0.3 is 14.6 Å². The molecule has 0 saturated carbocycles. The van der Waals surface area contributed by atoms with Gasteiger partial charge in [0.1, 0.15) is 5.01 Å². The van der Waals surface area contributed by atoms with E-state index in [2.05, 4.69) is 15.3 Å². The molecule has 2 unspecified atom stereocenters. The van der Waals surface area contributed by atoms with Gasteiger partial charge in [-0.25, -0.2) is 9.78 Å². The van der Waals surface area contributed by atoms with Gasteiger partial charge in [-0.1, -0.05) is 0 Å². The molecule has 1 N–H and O–H groups in total. The average Bonchev–Trinajstić information content (AvgIpc) is 3.07. The zero-order valence-corrected chi connectivity index (χ0v) is 15.3. The molecule has 2 fully saturated rings. The van der Waals surface area contributed by atoms with Crippen LogP contribution in [-0.2, 0) is 20.8 Å². The molecule has 3 heterocycles. The Kier molecular flexibility index (Phi) is 7.39. The van der Waals surface area contributed by atoms with Crippen LogP contribution in [0.2, 0.25) is 0 Å². The van der Waals surface area contributed by atoms with Crippen LogP contribution >= 0.6 is 11.3 Å². The summed E-state index contributed by atoms with van der Waals surface area (Å²) in [7, 11) is 1.81. The molecule has 3 rings (SSSR count). The normalized spacial score (nSPS) is 26.5. The van der Waals surface area contributed by atoms with E-state index in [4.69, 9.17) is 19.4 Å². The van der Waals surface area contributed by atoms with Gasteiger partial charge in [0.2, 0.25) is 0 Å². The molecule has 2 aliphatic heterocycles. The lowest BCUT2D eigenvalue weighted by molar-refractivity contribution is -0.192. The number of aliphatic carboxylic acids is 1. The van der Waals surface area contributed by atoms with Crippen LogP contribution in [0.5, 0.6) is 0 Å². The van der Waals surface area contributed by atoms with Crippen LogP contribution < -0.4 is 0 Å². The highest BCUT2D eigenvalue weighted by molar-refractivity contribution is 7.09. The maximum Gasteiger partial charge on any atom is 0.490 e. The van der Waals surface area contributed by atoms with Crippen LogP contribution in [-0.4, -0.2) is 66.7 Å². The van der Waals surface area contributed by atoms with Crippen LogP contribution in [0.15, 0.2) is 11.6 Å². The van der Waals surface area contributed by atoms with Gasteiger partial charge in [0.25, 0.3) is 0 Å². The van der Waals surface area contributed by atoms with Crippen LogP contribution in [0.1, 0.15) is 24.3 Å². The summed E-state index contributed by atoms with van der Waals surface area (Å²) in [5.74, 6) is -2.76. The second-order valence-corrected chi connectivity index (χ2v) is 7.47. The number of piperidine rings is 1. The molecule has 148 valence electrons. The molecule has 2 saturated heterocycles. The van der Waals surface area contributed by atoms with E-state index in [1.54, 1.807) is 18.4 Å². The van der Waals surface area contributed by atoms with Crippen LogP contribution in [0.25, 0.3) is 0 Å². The fraction of sp³-hybridized carbons (Fsp3) is 0.750. The van der Waals surface area contributed by atoms with E-state index < -0.39 is 12.1 Å². The van der Waals surface area contributed by atoms with E-state index >= 15 is 0 Å². The van der Waals surface area contributed by atoms with Crippen molar-refractivity contribution in [1.82, 2.24) is 9.88 Å². The predicted molar refractivity (Wildman–Crippen MR) is 89.0 cm³/mol. The number of fused-ring (bicyclic) bond motifs is 1. The van der Waals surface area contributed by atoms with E-state index in [1.807, 2.05) is 6.20 Å². The Bertz CT molecular complexity index is 566. The fourth-order valence-electron chi connectivity index (χ4n) is 3.54. The largest absolute Gasteiger partial charge is 0.490 e. The van der Waals surface area contributed by atoms with Crippen molar-refractivity contribution in [3.63, 3.8) is 0 Å². The number of carboxylic acids is 1. The van der Waals surface area contributed by atoms with Gasteiger partial charge in [-0.3, -0.25) is 4.90 Å². The SMILES string of the molecule is COCC12CCCOC1CCN(Cc1nccs1)C2.O=C(O)C(F)(F)F. The third kappa shape index (κ3) is 5.63. The van der Waals surface area contributed by atoms with Crippen molar-refractivity contribution in [2.24, 2.45) is 5.41 Å². The van der Waals surface area contributed by atoms with Crippen molar-refractivity contribution in [2.75, 3.05) is 33.4 Å². The quantitative estimate of drug-likeness (QED) is 0.844. The highest BCUT2D eigenvalue weighted by Gasteiger charge is 2.46. The molecule has 26 heavy (non-hydrogen) atoms. The number of methoxy groups -OCH3 is 1. The number of alkyl halides is 3. The van der Waals surface area contributed by atoms with Crippen LogP contribution in [0, 0.1) is 5.41 Å². The van der Waals surface area contributed by atoms with E-state index in [-0.39, 0.29) is 5.41 Å². The maximum atomic E-state index is 10.6. The number of thiazole rings is 1. The lowest BCUT2D eigenvalue weighted by Crippen LogP contribution is -2.56. The summed E-state index contributed by atoms with van der Waals surface area (Å²) in [5.41, 5.74) is 0.197. The highest BCUT2D eigenvalue weighted by Crippen LogP contribution is 2.40. The summed E-state index contributed by atoms with van der Waals surface area (Å²) in [6.07, 6.45) is 0.690. The molecule has 1 aromatic heterocycles. The molecular formula is C16H23F3N2O4S. The molecule has 6 nitrogen and oxygen atoms in total. The summed E-state index contributed by atoms with van der Waals surface area (Å²) >= 11 is 1.74. The van der Waals surface area contributed by atoms with Crippen molar-refractivity contribution < 1.29 is 32.5 Å². The van der Waals surface area contributed by atoms with E-state index in [9.17, 15) is 13.2 Å².